The van der Waals surface area contributed by atoms with E-state index in [4.69, 9.17) is 4.74 Å². The highest BCUT2D eigenvalue weighted by atomic mass is 16.5. The Morgan fingerprint density at radius 2 is 2.07 bits per heavy atom. The number of H-pyrrole nitrogens is 1. The van der Waals surface area contributed by atoms with Crippen LogP contribution in [0.3, 0.4) is 0 Å². The summed E-state index contributed by atoms with van der Waals surface area (Å²) in [5, 5.41) is 1.13. The summed E-state index contributed by atoms with van der Waals surface area (Å²) in [5.41, 5.74) is 3.20. The third-order valence-corrected chi connectivity index (χ3v) is 6.36. The fraction of sp³-hybridized carbons (Fsp3) is 0.545. The first-order valence-electron chi connectivity index (χ1n) is 10.3. The van der Waals surface area contributed by atoms with Gasteiger partial charge >= 0.3 is 5.97 Å². The van der Waals surface area contributed by atoms with E-state index in [2.05, 4.69) is 22.9 Å². The van der Waals surface area contributed by atoms with Gasteiger partial charge in [-0.1, -0.05) is 31.5 Å². The molecule has 0 unspecified atom stereocenters. The summed E-state index contributed by atoms with van der Waals surface area (Å²) in [6.45, 7) is 3.94. The van der Waals surface area contributed by atoms with Gasteiger partial charge in [0.25, 0.3) is 0 Å². The molecule has 1 fully saturated rings. The summed E-state index contributed by atoms with van der Waals surface area (Å²) in [4.78, 5) is 33.2. The minimum atomic E-state index is -0.561. The monoisotopic (exact) mass is 383 g/mol. The summed E-state index contributed by atoms with van der Waals surface area (Å²) in [6, 6.07) is 7.99. The van der Waals surface area contributed by atoms with E-state index >= 15 is 0 Å². The first-order valence-corrected chi connectivity index (χ1v) is 10.3. The number of likely N-dealkylation sites (tertiary alicyclic amines) is 1. The van der Waals surface area contributed by atoms with E-state index in [1.54, 1.807) is 4.90 Å². The number of ether oxygens (including phenoxy) is 1. The molecule has 1 aromatic heterocycles. The number of hydrogen-bond donors (Lipinski definition) is 1. The van der Waals surface area contributed by atoms with Gasteiger partial charge in [0.1, 0.15) is 6.04 Å². The van der Waals surface area contributed by atoms with Gasteiger partial charge in [-0.2, -0.15) is 0 Å². The van der Waals surface area contributed by atoms with Crippen LogP contribution in [0.15, 0.2) is 24.3 Å². The van der Waals surface area contributed by atoms with E-state index in [-0.39, 0.29) is 11.9 Å². The van der Waals surface area contributed by atoms with Crippen LogP contribution in [-0.2, 0) is 27.3 Å². The maximum atomic E-state index is 13.2. The molecule has 1 aromatic carbocycles. The summed E-state index contributed by atoms with van der Waals surface area (Å²) >= 11 is 0. The summed E-state index contributed by atoms with van der Waals surface area (Å²) < 4.78 is 5.05. The van der Waals surface area contributed by atoms with Crippen LogP contribution in [0, 0.1) is 0 Å². The molecule has 2 aromatic rings. The van der Waals surface area contributed by atoms with E-state index in [0.717, 1.165) is 48.0 Å². The predicted molar refractivity (Wildman–Crippen MR) is 108 cm³/mol. The van der Waals surface area contributed by atoms with E-state index in [0.29, 0.717) is 25.6 Å². The summed E-state index contributed by atoms with van der Waals surface area (Å²) in [6.07, 6.45) is 5.07. The third-order valence-electron chi connectivity index (χ3n) is 6.36. The van der Waals surface area contributed by atoms with Crippen molar-refractivity contribution in [2.24, 2.45) is 0 Å². The maximum Gasteiger partial charge on any atom is 0.328 e. The van der Waals surface area contributed by atoms with Gasteiger partial charge in [-0.05, 0) is 37.4 Å². The van der Waals surface area contributed by atoms with Crippen molar-refractivity contribution >= 4 is 22.8 Å². The number of carbonyl (C=O) groups is 2. The molecule has 1 N–H and O–H groups in total. The Balaban J connectivity index is 1.60. The van der Waals surface area contributed by atoms with Crippen molar-refractivity contribution in [1.82, 2.24) is 14.8 Å². The number of methoxy groups -OCH3 is 1. The SMILES string of the molecule is CC[C@@H]1CCCCN1CC(=O)N1Cc2[nH]c3ccccc3c2C[C@H]1C(=O)OC. The molecule has 2 aliphatic heterocycles. The molecule has 0 aliphatic carbocycles. The molecule has 150 valence electrons. The predicted octanol–water partition coefficient (Wildman–Crippen LogP) is 2.86. The van der Waals surface area contributed by atoms with Gasteiger partial charge in [0.2, 0.25) is 5.91 Å². The highest BCUT2D eigenvalue weighted by Crippen LogP contribution is 2.31. The maximum absolute atomic E-state index is 13.2. The lowest BCUT2D eigenvalue weighted by atomic mass is 9.96. The lowest BCUT2D eigenvalue weighted by Gasteiger charge is -2.38. The molecule has 0 saturated carbocycles. The number of rotatable bonds is 4. The van der Waals surface area contributed by atoms with E-state index in [1.165, 1.54) is 13.5 Å². The minimum absolute atomic E-state index is 0.0139. The van der Waals surface area contributed by atoms with Crippen molar-refractivity contribution < 1.29 is 14.3 Å². The van der Waals surface area contributed by atoms with Gasteiger partial charge in [-0.15, -0.1) is 0 Å². The van der Waals surface area contributed by atoms with Crippen molar-refractivity contribution in [3.63, 3.8) is 0 Å². The Bertz CT molecular complexity index is 875. The quantitative estimate of drug-likeness (QED) is 0.825. The number of nitrogens with one attached hydrogen (secondary N) is 1. The molecule has 1 amide bonds. The molecular weight excluding hydrogens is 354 g/mol. The highest BCUT2D eigenvalue weighted by Gasteiger charge is 2.38. The van der Waals surface area contributed by atoms with Gasteiger partial charge in [0.05, 0.1) is 20.2 Å². The lowest BCUT2D eigenvalue weighted by Crippen LogP contribution is -2.53. The first kappa shape index (κ1) is 19.0. The largest absolute Gasteiger partial charge is 0.467 e. The van der Waals surface area contributed by atoms with Crippen LogP contribution < -0.4 is 0 Å². The Morgan fingerprint density at radius 3 is 2.86 bits per heavy atom. The zero-order chi connectivity index (χ0) is 19.7. The molecule has 6 nitrogen and oxygen atoms in total. The molecule has 0 spiro atoms. The number of nitrogens with zero attached hydrogens (tertiary/aromatic N) is 2. The molecule has 4 rings (SSSR count). The van der Waals surface area contributed by atoms with Crippen LogP contribution in [0.25, 0.3) is 10.9 Å². The van der Waals surface area contributed by atoms with Crippen LogP contribution in [0.2, 0.25) is 0 Å². The van der Waals surface area contributed by atoms with Gasteiger partial charge in [0, 0.05) is 29.1 Å². The molecule has 0 bridgehead atoms. The van der Waals surface area contributed by atoms with Crippen molar-refractivity contribution in [3.05, 3.63) is 35.5 Å². The van der Waals surface area contributed by atoms with Gasteiger partial charge < -0.3 is 14.6 Å². The van der Waals surface area contributed by atoms with Gasteiger partial charge in [-0.25, -0.2) is 4.79 Å². The standard InChI is InChI=1S/C22H29N3O3/c1-3-15-8-6-7-11-24(15)14-21(26)25-13-19-17(12-20(25)22(27)28-2)16-9-4-5-10-18(16)23-19/h4-5,9-10,15,20,23H,3,6-8,11-14H2,1-2H3/t15-,20+/m1/s1. The van der Waals surface area contributed by atoms with Gasteiger partial charge in [-0.3, -0.25) is 9.69 Å². The summed E-state index contributed by atoms with van der Waals surface area (Å²) in [7, 11) is 1.40. The van der Waals surface area contributed by atoms with Crippen molar-refractivity contribution in [3.8, 4) is 0 Å². The Hall–Kier alpha value is -2.34. The van der Waals surface area contributed by atoms with Crippen molar-refractivity contribution in [2.45, 2.75) is 57.7 Å². The minimum Gasteiger partial charge on any atom is -0.467 e. The number of esters is 1. The van der Waals surface area contributed by atoms with E-state index < -0.39 is 6.04 Å². The van der Waals surface area contributed by atoms with Crippen LogP contribution in [0.5, 0.6) is 0 Å². The molecule has 0 radical (unpaired) electrons. The second-order valence-corrected chi connectivity index (χ2v) is 7.92. The van der Waals surface area contributed by atoms with Gasteiger partial charge in [0.15, 0.2) is 0 Å². The van der Waals surface area contributed by atoms with Crippen molar-refractivity contribution in [2.75, 3.05) is 20.2 Å². The Morgan fingerprint density at radius 1 is 1.25 bits per heavy atom. The van der Waals surface area contributed by atoms with E-state index in [1.807, 2.05) is 18.2 Å². The van der Waals surface area contributed by atoms with Crippen LogP contribution in [-0.4, -0.2) is 58.9 Å². The third kappa shape index (κ3) is 3.41. The normalized spacial score (nSPS) is 22.9. The average Bonchev–Trinajstić information content (AvgIpc) is 3.10. The molecule has 6 heteroatoms. The number of aromatic amines is 1. The molecule has 28 heavy (non-hydrogen) atoms. The zero-order valence-corrected chi connectivity index (χ0v) is 16.7. The van der Waals surface area contributed by atoms with Crippen LogP contribution in [0.4, 0.5) is 0 Å². The number of carbonyl (C=O) groups excluding carboxylic acids is 2. The molecular formula is C22H29N3O3. The highest BCUT2D eigenvalue weighted by molar-refractivity contribution is 5.90. The van der Waals surface area contributed by atoms with Crippen molar-refractivity contribution in [1.29, 1.82) is 0 Å². The average molecular weight is 383 g/mol. The number of fused-ring (bicyclic) bond motifs is 3. The van der Waals surface area contributed by atoms with Crippen LogP contribution in [0.1, 0.15) is 43.9 Å². The second kappa shape index (κ2) is 7.95. The molecule has 2 atom stereocenters. The number of para-hydroxylation sites is 1. The number of piperidine rings is 1. The fourth-order valence-electron chi connectivity index (χ4n) is 4.81. The Kier molecular flexibility index (Phi) is 5.40. The second-order valence-electron chi connectivity index (χ2n) is 7.92. The van der Waals surface area contributed by atoms with Crippen LogP contribution >= 0.6 is 0 Å². The topological polar surface area (TPSA) is 65.6 Å². The Labute approximate surface area is 165 Å². The number of amides is 1. The molecule has 1 saturated heterocycles. The zero-order valence-electron chi connectivity index (χ0n) is 16.7. The molecule has 2 aliphatic rings. The lowest BCUT2D eigenvalue weighted by molar-refractivity contribution is -0.154. The number of aromatic nitrogens is 1. The number of benzene rings is 1. The van der Waals surface area contributed by atoms with E-state index in [9.17, 15) is 9.59 Å². The fourth-order valence-corrected chi connectivity index (χ4v) is 4.81. The molecule has 3 heterocycles. The smallest absolute Gasteiger partial charge is 0.328 e. The summed E-state index contributed by atoms with van der Waals surface area (Å²) in [5.74, 6) is -0.324. The number of hydrogen-bond acceptors (Lipinski definition) is 4. The first-order chi connectivity index (χ1) is 13.6.